The molecule has 2 saturated heterocycles. The highest BCUT2D eigenvalue weighted by Gasteiger charge is 2.47. The number of amides is 3. The first-order valence-corrected chi connectivity index (χ1v) is 11.6. The van der Waals surface area contributed by atoms with Crippen LogP contribution in [-0.4, -0.2) is 72.3 Å². The van der Waals surface area contributed by atoms with Gasteiger partial charge in [-0.05, 0) is 43.7 Å². The van der Waals surface area contributed by atoms with Crippen molar-refractivity contribution in [2.45, 2.75) is 51.2 Å². The van der Waals surface area contributed by atoms with Gasteiger partial charge in [0.15, 0.2) is 0 Å². The van der Waals surface area contributed by atoms with Crippen molar-refractivity contribution in [3.05, 3.63) is 48.6 Å². The molecule has 3 rings (SSSR count). The number of fused-ring (bicyclic) bond motifs is 1. The van der Waals surface area contributed by atoms with Gasteiger partial charge in [0.05, 0.1) is 0 Å². The van der Waals surface area contributed by atoms with Gasteiger partial charge in [-0.3, -0.25) is 14.4 Å². The first-order chi connectivity index (χ1) is 15.4. The highest BCUT2D eigenvalue weighted by molar-refractivity contribution is 5.94. The molecule has 0 saturated carbocycles. The number of nitrogens with zero attached hydrogens (tertiary/aromatic N) is 2. The molecule has 0 unspecified atom stereocenters. The van der Waals surface area contributed by atoms with E-state index < -0.39 is 18.1 Å². The van der Waals surface area contributed by atoms with Crippen molar-refractivity contribution >= 4 is 17.7 Å². The van der Waals surface area contributed by atoms with E-state index in [4.69, 9.17) is 0 Å². The summed E-state index contributed by atoms with van der Waals surface area (Å²) in [6.07, 6.45) is 4.05. The zero-order chi connectivity index (χ0) is 23.3. The van der Waals surface area contributed by atoms with Crippen LogP contribution in [0.2, 0.25) is 0 Å². The van der Waals surface area contributed by atoms with Crippen LogP contribution in [0, 0.1) is 11.8 Å². The van der Waals surface area contributed by atoms with E-state index in [0.29, 0.717) is 13.1 Å². The molecule has 3 amide bonds. The van der Waals surface area contributed by atoms with Gasteiger partial charge in [0.1, 0.15) is 18.1 Å². The molecule has 1 aromatic carbocycles. The summed E-state index contributed by atoms with van der Waals surface area (Å²) in [7, 11) is 1.67. The Morgan fingerprint density at radius 1 is 1.19 bits per heavy atom. The number of likely N-dealkylation sites (N-methyl/N-ethyl adjacent to an activating group) is 1. The molecule has 0 aromatic heterocycles. The van der Waals surface area contributed by atoms with Crippen molar-refractivity contribution in [1.82, 2.24) is 20.4 Å². The summed E-state index contributed by atoms with van der Waals surface area (Å²) in [4.78, 5) is 43.1. The van der Waals surface area contributed by atoms with Crippen molar-refractivity contribution in [2.24, 2.45) is 11.8 Å². The third-order valence-corrected chi connectivity index (χ3v) is 6.71. The molecule has 174 valence electrons. The predicted molar refractivity (Wildman–Crippen MR) is 125 cm³/mol. The number of nitrogens with one attached hydrogen (secondary N) is 2. The number of benzene rings is 1. The van der Waals surface area contributed by atoms with Crippen molar-refractivity contribution in [3.8, 4) is 0 Å². The maximum Gasteiger partial charge on any atom is 0.246 e. The molecule has 2 N–H and O–H groups in total. The van der Waals surface area contributed by atoms with Crippen LogP contribution >= 0.6 is 0 Å². The Morgan fingerprint density at radius 3 is 2.50 bits per heavy atom. The standard InChI is InChI=1S/C25H36N4O3/c1-5-20(26-4)23(30)27-21(17(2)3)24(31)29-16-13-19-12-15-28(25(32)22(19)29)14-11-18-9-7-6-8-10-18/h5-10,17,19-22,26H,1,11-16H2,2-4H3,(H,27,30)/t19-,20-,21-,22+/m0/s1. The highest BCUT2D eigenvalue weighted by Crippen LogP contribution is 2.33. The quantitative estimate of drug-likeness (QED) is 0.572. The molecule has 2 aliphatic heterocycles. The Hall–Kier alpha value is -2.67. The van der Waals surface area contributed by atoms with E-state index in [-0.39, 0.29) is 29.6 Å². The molecule has 0 radical (unpaired) electrons. The van der Waals surface area contributed by atoms with Gasteiger partial charge >= 0.3 is 0 Å². The van der Waals surface area contributed by atoms with Crippen LogP contribution in [0.4, 0.5) is 0 Å². The molecule has 7 heteroatoms. The van der Waals surface area contributed by atoms with Gasteiger partial charge in [-0.2, -0.15) is 0 Å². The largest absolute Gasteiger partial charge is 0.342 e. The smallest absolute Gasteiger partial charge is 0.246 e. The molecule has 1 aromatic rings. The summed E-state index contributed by atoms with van der Waals surface area (Å²) in [6.45, 7) is 9.44. The monoisotopic (exact) mass is 440 g/mol. The van der Waals surface area contributed by atoms with Crippen molar-refractivity contribution in [1.29, 1.82) is 0 Å². The molecule has 4 atom stereocenters. The summed E-state index contributed by atoms with van der Waals surface area (Å²) >= 11 is 0. The molecule has 0 spiro atoms. The van der Waals surface area contributed by atoms with Gasteiger partial charge in [0.2, 0.25) is 17.7 Å². The van der Waals surface area contributed by atoms with Crippen LogP contribution in [-0.2, 0) is 20.8 Å². The minimum atomic E-state index is -0.676. The normalized spacial score (nSPS) is 22.4. The molecule has 7 nitrogen and oxygen atoms in total. The number of hydrogen-bond acceptors (Lipinski definition) is 4. The van der Waals surface area contributed by atoms with E-state index in [1.54, 1.807) is 11.9 Å². The second-order valence-electron chi connectivity index (χ2n) is 9.11. The summed E-state index contributed by atoms with van der Waals surface area (Å²) < 4.78 is 0. The third kappa shape index (κ3) is 5.21. The van der Waals surface area contributed by atoms with Gasteiger partial charge in [-0.1, -0.05) is 50.3 Å². The van der Waals surface area contributed by atoms with Crippen LogP contribution in [0.15, 0.2) is 43.0 Å². The van der Waals surface area contributed by atoms with Gasteiger partial charge in [-0.25, -0.2) is 0 Å². The number of carbonyl (C=O) groups is 3. The minimum absolute atomic E-state index is 0.0380. The van der Waals surface area contributed by atoms with Crippen LogP contribution in [0.5, 0.6) is 0 Å². The maximum atomic E-state index is 13.5. The van der Waals surface area contributed by atoms with E-state index in [0.717, 1.165) is 25.8 Å². The fourth-order valence-corrected chi connectivity index (χ4v) is 4.78. The molecule has 2 aliphatic rings. The van der Waals surface area contributed by atoms with E-state index >= 15 is 0 Å². The van der Waals surface area contributed by atoms with Crippen LogP contribution in [0.3, 0.4) is 0 Å². The van der Waals surface area contributed by atoms with E-state index in [1.165, 1.54) is 11.6 Å². The second-order valence-corrected chi connectivity index (χ2v) is 9.11. The van der Waals surface area contributed by atoms with Crippen molar-refractivity contribution in [3.63, 3.8) is 0 Å². The number of carbonyl (C=O) groups excluding carboxylic acids is 3. The molecular formula is C25H36N4O3. The first-order valence-electron chi connectivity index (χ1n) is 11.6. The summed E-state index contributed by atoms with van der Waals surface area (Å²) in [5.74, 6) is -0.319. The van der Waals surface area contributed by atoms with E-state index in [1.807, 2.05) is 36.9 Å². The Bertz CT molecular complexity index is 826. The minimum Gasteiger partial charge on any atom is -0.342 e. The fraction of sp³-hybridized carbons (Fsp3) is 0.560. The lowest BCUT2D eigenvalue weighted by Gasteiger charge is -2.39. The number of rotatable bonds is 9. The Labute approximate surface area is 191 Å². The number of hydrogen-bond donors (Lipinski definition) is 2. The van der Waals surface area contributed by atoms with Crippen LogP contribution in [0.25, 0.3) is 0 Å². The van der Waals surface area contributed by atoms with Crippen LogP contribution < -0.4 is 10.6 Å². The molecular weight excluding hydrogens is 404 g/mol. The SMILES string of the molecule is C=C[C@H](NC)C(=O)N[C@H](C(=O)N1CC[C@@H]2CCN(CCc3ccccc3)C(=O)[C@@H]21)C(C)C. The lowest BCUT2D eigenvalue weighted by atomic mass is 9.90. The first kappa shape index (κ1) is 24.0. The molecule has 2 fully saturated rings. The Kier molecular flexibility index (Phi) is 8.07. The Balaban J connectivity index is 1.70. The van der Waals surface area contributed by atoms with Gasteiger partial charge in [0, 0.05) is 19.6 Å². The van der Waals surface area contributed by atoms with Gasteiger partial charge < -0.3 is 20.4 Å². The van der Waals surface area contributed by atoms with Gasteiger partial charge in [-0.15, -0.1) is 6.58 Å². The lowest BCUT2D eigenvalue weighted by Crippen LogP contribution is -2.60. The van der Waals surface area contributed by atoms with E-state index in [9.17, 15) is 14.4 Å². The third-order valence-electron chi connectivity index (χ3n) is 6.71. The number of piperidine rings is 1. The second kappa shape index (κ2) is 10.8. The number of likely N-dealkylation sites (tertiary alicyclic amines) is 2. The zero-order valence-corrected chi connectivity index (χ0v) is 19.4. The zero-order valence-electron chi connectivity index (χ0n) is 19.4. The molecule has 0 bridgehead atoms. The fourth-order valence-electron chi connectivity index (χ4n) is 4.78. The molecule has 0 aliphatic carbocycles. The van der Waals surface area contributed by atoms with Crippen LogP contribution in [0.1, 0.15) is 32.3 Å². The van der Waals surface area contributed by atoms with E-state index in [2.05, 4.69) is 29.3 Å². The summed E-state index contributed by atoms with van der Waals surface area (Å²) in [5.41, 5.74) is 1.20. The average Bonchev–Trinajstić information content (AvgIpc) is 3.23. The molecule has 2 heterocycles. The highest BCUT2D eigenvalue weighted by atomic mass is 16.2. The maximum absolute atomic E-state index is 13.5. The topological polar surface area (TPSA) is 81.8 Å². The van der Waals surface area contributed by atoms with Crippen molar-refractivity contribution in [2.75, 3.05) is 26.7 Å². The average molecular weight is 441 g/mol. The lowest BCUT2D eigenvalue weighted by molar-refractivity contribution is -0.149. The Morgan fingerprint density at radius 2 is 1.88 bits per heavy atom. The summed E-state index contributed by atoms with van der Waals surface area (Å²) in [6, 6.07) is 8.47. The predicted octanol–water partition coefficient (Wildman–Crippen LogP) is 1.59. The molecule has 32 heavy (non-hydrogen) atoms. The summed E-state index contributed by atoms with van der Waals surface area (Å²) in [5, 5.41) is 5.75. The van der Waals surface area contributed by atoms with Gasteiger partial charge in [0.25, 0.3) is 0 Å². The van der Waals surface area contributed by atoms with Crippen molar-refractivity contribution < 1.29 is 14.4 Å².